The van der Waals surface area contributed by atoms with Crippen molar-refractivity contribution in [3.8, 4) is 0 Å². The van der Waals surface area contributed by atoms with Gasteiger partial charge in [-0.15, -0.1) is 0 Å². The van der Waals surface area contributed by atoms with Crippen LogP contribution in [0.3, 0.4) is 0 Å². The number of esters is 3. The molecule has 0 rings (SSSR count). The van der Waals surface area contributed by atoms with E-state index in [2.05, 4.69) is 179 Å². The third-order valence-corrected chi connectivity index (χ3v) is 11.8. The van der Waals surface area contributed by atoms with E-state index >= 15 is 0 Å². The SMILES string of the molecule is CC/C=C\C/C=C\C/C=C\C/C=C\C/C=C\C/C=C\C/C=C\C/C=C\C/C=C\CCCC(=O)OCC(COC(=O)CCCCCCCCCCCCCC)OC(=O)CCCC/C=C\C/C=C\C/C=C\C/C=C\CC. The summed E-state index contributed by atoms with van der Waals surface area (Å²) < 4.78 is 16.8. The summed E-state index contributed by atoms with van der Waals surface area (Å²) in [5, 5.41) is 0. The van der Waals surface area contributed by atoms with Crippen LogP contribution in [0.2, 0.25) is 0 Å². The fourth-order valence-electron chi connectivity index (χ4n) is 7.43. The molecule has 0 aliphatic rings. The standard InChI is InChI=1S/C68H106O6/c1-4-7-10-13-16-19-22-25-27-28-29-30-31-32-33-34-35-36-37-38-39-40-42-43-46-49-52-55-58-61-67(70)73-64-65(63-72-66(69)60-57-54-51-48-45-24-21-18-15-12-9-6-3)74-68(71)62-59-56-53-50-47-44-41-26-23-20-17-14-11-8-5-2/h7-8,10-11,16-17,19-20,25-27,29-30,32-33,35-36,38-39,41-43,47,49-50,52,65H,4-6,9,12-15,18,21-24,28,31,34,37,40,44-46,48,51,53-64H2,1-3H3/b10-7-,11-8-,19-16-,20-17-,27-25-,30-29-,33-32-,36-35-,39-38-,41-26-,43-42-,50-47-,52-49-. The molecule has 0 N–H and O–H groups in total. The molecule has 0 spiro atoms. The van der Waals surface area contributed by atoms with Crippen LogP contribution in [0.15, 0.2) is 158 Å². The van der Waals surface area contributed by atoms with Crippen molar-refractivity contribution in [2.75, 3.05) is 13.2 Å². The topological polar surface area (TPSA) is 78.9 Å². The number of unbranched alkanes of at least 4 members (excludes halogenated alkanes) is 14. The van der Waals surface area contributed by atoms with E-state index in [4.69, 9.17) is 14.2 Å². The summed E-state index contributed by atoms with van der Waals surface area (Å²) in [5.74, 6) is -1.03. The van der Waals surface area contributed by atoms with Crippen LogP contribution in [0.1, 0.15) is 233 Å². The number of carbonyl (C=O) groups is 3. The molecule has 1 unspecified atom stereocenters. The van der Waals surface area contributed by atoms with Crippen molar-refractivity contribution in [2.24, 2.45) is 0 Å². The van der Waals surface area contributed by atoms with Crippen LogP contribution < -0.4 is 0 Å². The average molecular weight is 1020 g/mol. The second-order valence-electron chi connectivity index (χ2n) is 18.8. The molecule has 0 aliphatic heterocycles. The summed E-state index contributed by atoms with van der Waals surface area (Å²) in [6, 6.07) is 0. The number of ether oxygens (including phenoxy) is 3. The molecular weight excluding hydrogens is 913 g/mol. The molecule has 0 aromatic rings. The zero-order valence-electron chi connectivity index (χ0n) is 47.3. The Kier molecular flexibility index (Phi) is 56.5. The van der Waals surface area contributed by atoms with Crippen molar-refractivity contribution in [2.45, 2.75) is 239 Å². The Bertz CT molecular complexity index is 1690. The van der Waals surface area contributed by atoms with E-state index in [1.165, 1.54) is 57.8 Å². The lowest BCUT2D eigenvalue weighted by Gasteiger charge is -2.18. The molecule has 6 heteroatoms. The molecule has 74 heavy (non-hydrogen) atoms. The highest BCUT2D eigenvalue weighted by atomic mass is 16.6. The molecule has 0 bridgehead atoms. The Morgan fingerprint density at radius 3 is 0.878 bits per heavy atom. The smallest absolute Gasteiger partial charge is 0.306 e. The van der Waals surface area contributed by atoms with E-state index in [9.17, 15) is 14.4 Å². The maximum atomic E-state index is 12.8. The lowest BCUT2D eigenvalue weighted by Crippen LogP contribution is -2.30. The number of rotatable bonds is 51. The highest BCUT2D eigenvalue weighted by Gasteiger charge is 2.19. The molecular formula is C68H106O6. The van der Waals surface area contributed by atoms with Crippen LogP contribution in [-0.2, 0) is 28.6 Å². The maximum absolute atomic E-state index is 12.8. The van der Waals surface area contributed by atoms with Gasteiger partial charge in [0.2, 0.25) is 0 Å². The van der Waals surface area contributed by atoms with E-state index in [0.29, 0.717) is 19.3 Å². The lowest BCUT2D eigenvalue weighted by molar-refractivity contribution is -0.167. The first kappa shape index (κ1) is 69.0. The van der Waals surface area contributed by atoms with Crippen molar-refractivity contribution in [3.63, 3.8) is 0 Å². The van der Waals surface area contributed by atoms with Gasteiger partial charge in [0.1, 0.15) is 13.2 Å². The summed E-state index contributed by atoms with van der Waals surface area (Å²) in [5.41, 5.74) is 0. The molecule has 1 atom stereocenters. The van der Waals surface area contributed by atoms with E-state index in [-0.39, 0.29) is 44.0 Å². The molecule has 0 aromatic heterocycles. The average Bonchev–Trinajstić information content (AvgIpc) is 3.40. The largest absolute Gasteiger partial charge is 0.462 e. The number of hydrogen-bond acceptors (Lipinski definition) is 6. The van der Waals surface area contributed by atoms with Gasteiger partial charge in [0, 0.05) is 19.3 Å². The fourth-order valence-corrected chi connectivity index (χ4v) is 7.43. The van der Waals surface area contributed by atoms with E-state index in [0.717, 1.165) is 122 Å². The van der Waals surface area contributed by atoms with E-state index in [1.807, 2.05) is 0 Å². The molecule has 0 radical (unpaired) electrons. The summed E-state index contributed by atoms with van der Waals surface area (Å²) >= 11 is 0. The maximum Gasteiger partial charge on any atom is 0.306 e. The molecule has 0 fully saturated rings. The Morgan fingerprint density at radius 2 is 0.541 bits per heavy atom. The zero-order chi connectivity index (χ0) is 53.6. The lowest BCUT2D eigenvalue weighted by atomic mass is 10.0. The zero-order valence-corrected chi connectivity index (χ0v) is 47.3. The van der Waals surface area contributed by atoms with Crippen molar-refractivity contribution in [1.82, 2.24) is 0 Å². The minimum Gasteiger partial charge on any atom is -0.462 e. The summed E-state index contributed by atoms with van der Waals surface area (Å²) in [4.78, 5) is 38.1. The first-order valence-electron chi connectivity index (χ1n) is 29.5. The van der Waals surface area contributed by atoms with Gasteiger partial charge in [0.15, 0.2) is 6.10 Å². The first-order chi connectivity index (χ1) is 36.5. The second-order valence-corrected chi connectivity index (χ2v) is 18.8. The predicted octanol–water partition coefficient (Wildman–Crippen LogP) is 20.1. The fraction of sp³-hybridized carbons (Fsp3) is 0.574. The first-order valence-corrected chi connectivity index (χ1v) is 29.5. The van der Waals surface area contributed by atoms with Gasteiger partial charge in [-0.2, -0.15) is 0 Å². The van der Waals surface area contributed by atoms with Crippen LogP contribution in [0.5, 0.6) is 0 Å². The summed E-state index contributed by atoms with van der Waals surface area (Å²) in [7, 11) is 0. The molecule has 414 valence electrons. The normalized spacial score (nSPS) is 13.3. The van der Waals surface area contributed by atoms with Crippen molar-refractivity contribution in [1.29, 1.82) is 0 Å². The molecule has 6 nitrogen and oxygen atoms in total. The van der Waals surface area contributed by atoms with Crippen LogP contribution >= 0.6 is 0 Å². The third kappa shape index (κ3) is 57.9. The molecule has 0 aromatic carbocycles. The van der Waals surface area contributed by atoms with Gasteiger partial charge >= 0.3 is 17.9 Å². The van der Waals surface area contributed by atoms with Gasteiger partial charge in [-0.3, -0.25) is 14.4 Å². The van der Waals surface area contributed by atoms with Gasteiger partial charge in [-0.25, -0.2) is 0 Å². The summed E-state index contributed by atoms with van der Waals surface area (Å²) in [6.45, 7) is 6.31. The van der Waals surface area contributed by atoms with Crippen LogP contribution in [0, 0.1) is 0 Å². The Balaban J connectivity index is 4.47. The quantitative estimate of drug-likeness (QED) is 0.0261. The molecule has 0 saturated carbocycles. The number of allylic oxidation sites excluding steroid dienone is 26. The van der Waals surface area contributed by atoms with E-state index < -0.39 is 6.10 Å². The predicted molar refractivity (Wildman–Crippen MR) is 320 cm³/mol. The Morgan fingerprint density at radius 1 is 0.284 bits per heavy atom. The molecule has 0 aliphatic carbocycles. The van der Waals surface area contributed by atoms with Gasteiger partial charge in [-0.1, -0.05) is 249 Å². The Hall–Kier alpha value is -4.97. The third-order valence-electron chi connectivity index (χ3n) is 11.8. The van der Waals surface area contributed by atoms with Crippen molar-refractivity contribution in [3.05, 3.63) is 158 Å². The van der Waals surface area contributed by atoms with E-state index in [1.54, 1.807) is 0 Å². The number of carbonyl (C=O) groups excluding carboxylic acids is 3. The van der Waals surface area contributed by atoms with Gasteiger partial charge in [0.25, 0.3) is 0 Å². The minimum absolute atomic E-state index is 0.117. The second kappa shape index (κ2) is 60.6. The van der Waals surface area contributed by atoms with Gasteiger partial charge in [0.05, 0.1) is 0 Å². The van der Waals surface area contributed by atoms with Gasteiger partial charge in [-0.05, 0) is 122 Å². The molecule has 0 heterocycles. The molecule has 0 saturated heterocycles. The summed E-state index contributed by atoms with van der Waals surface area (Å²) in [6.07, 6.45) is 88.2. The highest BCUT2D eigenvalue weighted by Crippen LogP contribution is 2.14. The van der Waals surface area contributed by atoms with Crippen LogP contribution in [0.4, 0.5) is 0 Å². The molecule has 0 amide bonds. The minimum atomic E-state index is -0.829. The monoisotopic (exact) mass is 1020 g/mol. The number of hydrogen-bond donors (Lipinski definition) is 0. The van der Waals surface area contributed by atoms with Crippen molar-refractivity contribution >= 4 is 17.9 Å². The Labute approximate surface area is 454 Å². The van der Waals surface area contributed by atoms with Crippen LogP contribution in [0.25, 0.3) is 0 Å². The van der Waals surface area contributed by atoms with Crippen molar-refractivity contribution < 1.29 is 28.6 Å². The van der Waals surface area contributed by atoms with Gasteiger partial charge < -0.3 is 14.2 Å². The van der Waals surface area contributed by atoms with Crippen LogP contribution in [-0.4, -0.2) is 37.2 Å². The highest BCUT2D eigenvalue weighted by molar-refractivity contribution is 5.71.